The number of hydrogen-bond acceptors (Lipinski definition) is 2. The average molecular weight is 291 g/mol. The second-order valence-corrected chi connectivity index (χ2v) is 5.80. The SMILES string of the molecule is Clc1ccc(COc2cnn(C3CCCCC3)c2)cc1. The Morgan fingerprint density at radius 2 is 1.90 bits per heavy atom. The first kappa shape index (κ1) is 13.5. The maximum Gasteiger partial charge on any atom is 0.157 e. The van der Waals surface area contributed by atoms with Crippen molar-refractivity contribution in [3.63, 3.8) is 0 Å². The third-order valence-corrected chi connectivity index (χ3v) is 4.10. The summed E-state index contributed by atoms with van der Waals surface area (Å²) in [4.78, 5) is 0. The molecule has 0 bridgehead atoms. The first-order valence-electron chi connectivity index (χ1n) is 7.23. The summed E-state index contributed by atoms with van der Waals surface area (Å²) in [6.45, 7) is 0.549. The molecule has 1 aliphatic rings. The second kappa shape index (κ2) is 6.31. The smallest absolute Gasteiger partial charge is 0.157 e. The van der Waals surface area contributed by atoms with Crippen LogP contribution in [0.1, 0.15) is 43.7 Å². The molecule has 0 unspecified atom stereocenters. The van der Waals surface area contributed by atoms with Crippen LogP contribution in [0.4, 0.5) is 0 Å². The van der Waals surface area contributed by atoms with Crippen LogP contribution in [0.2, 0.25) is 5.02 Å². The number of rotatable bonds is 4. The largest absolute Gasteiger partial charge is 0.486 e. The zero-order valence-corrected chi connectivity index (χ0v) is 12.2. The van der Waals surface area contributed by atoms with Gasteiger partial charge < -0.3 is 4.74 Å². The van der Waals surface area contributed by atoms with E-state index in [1.165, 1.54) is 32.1 Å². The van der Waals surface area contributed by atoms with Crippen molar-refractivity contribution in [2.45, 2.75) is 44.8 Å². The van der Waals surface area contributed by atoms with Crippen molar-refractivity contribution in [3.05, 3.63) is 47.2 Å². The van der Waals surface area contributed by atoms with Crippen molar-refractivity contribution >= 4 is 11.6 Å². The van der Waals surface area contributed by atoms with Gasteiger partial charge in [-0.25, -0.2) is 0 Å². The highest BCUT2D eigenvalue weighted by Gasteiger charge is 2.16. The zero-order chi connectivity index (χ0) is 13.8. The predicted molar refractivity (Wildman–Crippen MR) is 80.1 cm³/mol. The number of ether oxygens (including phenoxy) is 1. The molecule has 20 heavy (non-hydrogen) atoms. The van der Waals surface area contributed by atoms with E-state index in [2.05, 4.69) is 9.78 Å². The van der Waals surface area contributed by atoms with Gasteiger partial charge in [-0.15, -0.1) is 0 Å². The van der Waals surface area contributed by atoms with Gasteiger partial charge in [0.05, 0.1) is 18.4 Å². The van der Waals surface area contributed by atoms with Gasteiger partial charge in [-0.05, 0) is 30.5 Å². The van der Waals surface area contributed by atoms with E-state index in [0.29, 0.717) is 12.6 Å². The van der Waals surface area contributed by atoms with Crippen molar-refractivity contribution in [2.75, 3.05) is 0 Å². The third-order valence-electron chi connectivity index (χ3n) is 3.85. The molecule has 0 saturated heterocycles. The van der Waals surface area contributed by atoms with Gasteiger partial charge in [0.1, 0.15) is 6.61 Å². The van der Waals surface area contributed by atoms with Gasteiger partial charge in [0.15, 0.2) is 5.75 Å². The van der Waals surface area contributed by atoms with Crippen molar-refractivity contribution in [1.29, 1.82) is 0 Å². The lowest BCUT2D eigenvalue weighted by atomic mass is 9.96. The lowest BCUT2D eigenvalue weighted by molar-refractivity contribution is 0.301. The molecular formula is C16H19ClN2O. The minimum absolute atomic E-state index is 0.549. The average Bonchev–Trinajstić information content (AvgIpc) is 2.97. The first-order chi connectivity index (χ1) is 9.81. The lowest BCUT2D eigenvalue weighted by Gasteiger charge is -2.21. The van der Waals surface area contributed by atoms with Crippen LogP contribution in [0, 0.1) is 0 Å². The molecular weight excluding hydrogens is 272 g/mol. The maximum absolute atomic E-state index is 5.86. The Morgan fingerprint density at radius 3 is 2.65 bits per heavy atom. The number of benzene rings is 1. The molecule has 1 saturated carbocycles. The molecule has 106 valence electrons. The van der Waals surface area contributed by atoms with Crippen LogP contribution in [-0.2, 0) is 6.61 Å². The van der Waals surface area contributed by atoms with Crippen LogP contribution < -0.4 is 4.74 Å². The Morgan fingerprint density at radius 1 is 1.15 bits per heavy atom. The zero-order valence-electron chi connectivity index (χ0n) is 11.5. The van der Waals surface area contributed by atoms with E-state index >= 15 is 0 Å². The fourth-order valence-electron chi connectivity index (χ4n) is 2.69. The quantitative estimate of drug-likeness (QED) is 0.821. The molecule has 1 heterocycles. The summed E-state index contributed by atoms with van der Waals surface area (Å²) < 4.78 is 7.84. The molecule has 4 heteroatoms. The van der Waals surface area contributed by atoms with Crippen molar-refractivity contribution < 1.29 is 4.74 Å². The topological polar surface area (TPSA) is 27.1 Å². The van der Waals surface area contributed by atoms with Crippen LogP contribution in [0.5, 0.6) is 5.75 Å². The summed E-state index contributed by atoms with van der Waals surface area (Å²) in [5.41, 5.74) is 1.11. The Kier molecular flexibility index (Phi) is 4.26. The Bertz CT molecular complexity index is 544. The molecule has 1 aromatic heterocycles. The van der Waals surface area contributed by atoms with E-state index in [4.69, 9.17) is 16.3 Å². The Balaban J connectivity index is 1.58. The van der Waals surface area contributed by atoms with Crippen LogP contribution in [0.15, 0.2) is 36.7 Å². The fraction of sp³-hybridized carbons (Fsp3) is 0.438. The molecule has 0 aliphatic heterocycles. The lowest BCUT2D eigenvalue weighted by Crippen LogP contribution is -2.12. The van der Waals surface area contributed by atoms with Crippen LogP contribution in [-0.4, -0.2) is 9.78 Å². The summed E-state index contributed by atoms with van der Waals surface area (Å²) in [6.07, 6.45) is 10.3. The summed E-state index contributed by atoms with van der Waals surface area (Å²) in [5.74, 6) is 0.838. The molecule has 0 radical (unpaired) electrons. The summed E-state index contributed by atoms with van der Waals surface area (Å²) in [7, 11) is 0. The molecule has 1 aromatic carbocycles. The van der Waals surface area contributed by atoms with E-state index in [1.807, 2.05) is 36.7 Å². The molecule has 0 spiro atoms. The van der Waals surface area contributed by atoms with Gasteiger partial charge in [0.2, 0.25) is 0 Å². The monoisotopic (exact) mass is 290 g/mol. The minimum atomic E-state index is 0.549. The Hall–Kier alpha value is -1.48. The highest BCUT2D eigenvalue weighted by molar-refractivity contribution is 6.30. The molecule has 3 rings (SSSR count). The fourth-order valence-corrected chi connectivity index (χ4v) is 2.81. The molecule has 3 nitrogen and oxygen atoms in total. The van der Waals surface area contributed by atoms with Gasteiger partial charge in [-0.1, -0.05) is 43.0 Å². The van der Waals surface area contributed by atoms with Gasteiger partial charge in [-0.3, -0.25) is 4.68 Å². The summed E-state index contributed by atoms with van der Waals surface area (Å²) in [5, 5.41) is 5.19. The molecule has 0 amide bonds. The highest BCUT2D eigenvalue weighted by atomic mass is 35.5. The van der Waals surface area contributed by atoms with Crippen molar-refractivity contribution in [3.8, 4) is 5.75 Å². The van der Waals surface area contributed by atoms with Crippen LogP contribution in [0.3, 0.4) is 0 Å². The molecule has 0 N–H and O–H groups in total. The minimum Gasteiger partial charge on any atom is -0.486 e. The first-order valence-corrected chi connectivity index (χ1v) is 7.60. The van der Waals surface area contributed by atoms with E-state index in [-0.39, 0.29) is 0 Å². The third kappa shape index (κ3) is 3.34. The maximum atomic E-state index is 5.86. The van der Waals surface area contributed by atoms with Gasteiger partial charge in [0.25, 0.3) is 0 Å². The van der Waals surface area contributed by atoms with Gasteiger partial charge in [0, 0.05) is 5.02 Å². The van der Waals surface area contributed by atoms with Gasteiger partial charge >= 0.3 is 0 Å². The second-order valence-electron chi connectivity index (χ2n) is 5.36. The molecule has 2 aromatic rings. The van der Waals surface area contributed by atoms with Gasteiger partial charge in [-0.2, -0.15) is 5.10 Å². The van der Waals surface area contributed by atoms with Crippen molar-refractivity contribution in [2.24, 2.45) is 0 Å². The molecule has 0 atom stereocenters. The predicted octanol–water partition coefficient (Wildman–Crippen LogP) is 4.62. The van der Waals surface area contributed by atoms with Crippen molar-refractivity contribution in [1.82, 2.24) is 9.78 Å². The number of halogens is 1. The van der Waals surface area contributed by atoms with Crippen LogP contribution >= 0.6 is 11.6 Å². The Labute approximate surface area is 124 Å². The number of nitrogens with zero attached hydrogens (tertiary/aromatic N) is 2. The van der Waals surface area contributed by atoms with E-state index < -0.39 is 0 Å². The van der Waals surface area contributed by atoms with E-state index in [1.54, 1.807) is 0 Å². The normalized spacial score (nSPS) is 16.2. The summed E-state index contributed by atoms with van der Waals surface area (Å²) >= 11 is 5.86. The highest BCUT2D eigenvalue weighted by Crippen LogP contribution is 2.28. The van der Waals surface area contributed by atoms with Crippen LogP contribution in [0.25, 0.3) is 0 Å². The molecule has 1 fully saturated rings. The van der Waals surface area contributed by atoms with E-state index in [0.717, 1.165) is 16.3 Å². The number of hydrogen-bond donors (Lipinski definition) is 0. The van der Waals surface area contributed by atoms with E-state index in [9.17, 15) is 0 Å². The standard InChI is InChI=1S/C16H19ClN2O/c17-14-8-6-13(7-9-14)12-20-16-10-18-19(11-16)15-4-2-1-3-5-15/h6-11,15H,1-5,12H2. The molecule has 1 aliphatic carbocycles. The number of aromatic nitrogens is 2. The summed E-state index contributed by atoms with van der Waals surface area (Å²) in [6, 6.07) is 8.27.